The second-order valence-electron chi connectivity index (χ2n) is 4.78. The summed E-state index contributed by atoms with van der Waals surface area (Å²) in [4.78, 5) is 14.8. The van der Waals surface area contributed by atoms with E-state index in [9.17, 15) is 4.79 Å². The Labute approximate surface area is 116 Å². The quantitative estimate of drug-likeness (QED) is 0.761. The highest BCUT2D eigenvalue weighted by atomic mass is 35.5. The summed E-state index contributed by atoms with van der Waals surface area (Å²) in [6, 6.07) is 9.81. The average molecular weight is 268 g/mol. The molecule has 1 aromatic rings. The summed E-state index contributed by atoms with van der Waals surface area (Å²) in [5.41, 5.74) is 0.859. The lowest BCUT2D eigenvalue weighted by molar-refractivity contribution is 0.0837. The SMILES string of the molecule is CCCC(C(=O)c1ccccc1)N1CCCC1.Cl. The maximum Gasteiger partial charge on any atom is 0.179 e. The Balaban J connectivity index is 0.00000162. The lowest BCUT2D eigenvalue weighted by atomic mass is 9.99. The molecule has 1 unspecified atom stereocenters. The standard InChI is InChI=1S/C15H21NO.ClH/c1-2-8-14(16-11-6-7-12-16)15(17)13-9-4-3-5-10-13;/h3-5,9-10,14H,2,6-8,11-12H2,1H3;1H. The molecule has 1 saturated heterocycles. The minimum absolute atomic E-state index is 0. The third-order valence-electron chi connectivity index (χ3n) is 3.50. The van der Waals surface area contributed by atoms with Gasteiger partial charge in [-0.05, 0) is 32.4 Å². The van der Waals surface area contributed by atoms with E-state index in [1.165, 1.54) is 12.8 Å². The summed E-state index contributed by atoms with van der Waals surface area (Å²) in [7, 11) is 0. The highest BCUT2D eigenvalue weighted by Crippen LogP contribution is 2.19. The Kier molecular flexibility index (Phi) is 6.37. The molecule has 1 atom stereocenters. The van der Waals surface area contributed by atoms with Gasteiger partial charge >= 0.3 is 0 Å². The predicted molar refractivity (Wildman–Crippen MR) is 77.5 cm³/mol. The van der Waals surface area contributed by atoms with E-state index in [2.05, 4.69) is 11.8 Å². The van der Waals surface area contributed by atoms with Gasteiger partial charge in [-0.25, -0.2) is 0 Å². The number of carbonyl (C=O) groups excluding carboxylic acids is 1. The van der Waals surface area contributed by atoms with Crippen LogP contribution in [0.4, 0.5) is 0 Å². The van der Waals surface area contributed by atoms with E-state index in [0.717, 1.165) is 31.5 Å². The molecule has 2 rings (SSSR count). The molecule has 0 bridgehead atoms. The molecule has 1 aliphatic heterocycles. The van der Waals surface area contributed by atoms with Gasteiger partial charge in [-0.3, -0.25) is 9.69 Å². The number of likely N-dealkylation sites (tertiary alicyclic amines) is 1. The number of carbonyl (C=O) groups is 1. The maximum atomic E-state index is 12.5. The molecule has 0 N–H and O–H groups in total. The van der Waals surface area contributed by atoms with Crippen molar-refractivity contribution in [1.29, 1.82) is 0 Å². The minimum atomic E-state index is 0. The Morgan fingerprint density at radius 3 is 2.39 bits per heavy atom. The monoisotopic (exact) mass is 267 g/mol. The van der Waals surface area contributed by atoms with Crippen molar-refractivity contribution >= 4 is 18.2 Å². The van der Waals surface area contributed by atoms with E-state index in [0.29, 0.717) is 5.78 Å². The Hall–Kier alpha value is -0.860. The number of nitrogens with zero attached hydrogens (tertiary/aromatic N) is 1. The lowest BCUT2D eigenvalue weighted by Crippen LogP contribution is -2.39. The fourth-order valence-corrected chi connectivity index (χ4v) is 2.60. The molecule has 2 nitrogen and oxygen atoms in total. The van der Waals surface area contributed by atoms with E-state index in [1.807, 2.05) is 30.3 Å². The van der Waals surface area contributed by atoms with Crippen LogP contribution in [0.2, 0.25) is 0 Å². The van der Waals surface area contributed by atoms with Crippen molar-refractivity contribution in [3.05, 3.63) is 35.9 Å². The summed E-state index contributed by atoms with van der Waals surface area (Å²) < 4.78 is 0. The zero-order valence-electron chi connectivity index (χ0n) is 11.0. The highest BCUT2D eigenvalue weighted by molar-refractivity contribution is 6.00. The van der Waals surface area contributed by atoms with Crippen molar-refractivity contribution in [1.82, 2.24) is 4.90 Å². The molecule has 1 heterocycles. The number of benzene rings is 1. The van der Waals surface area contributed by atoms with Crippen LogP contribution in [0.3, 0.4) is 0 Å². The summed E-state index contributed by atoms with van der Waals surface area (Å²) in [5.74, 6) is 0.300. The Morgan fingerprint density at radius 2 is 1.83 bits per heavy atom. The Bertz CT molecular complexity index is 360. The van der Waals surface area contributed by atoms with Crippen LogP contribution in [0.15, 0.2) is 30.3 Å². The minimum Gasteiger partial charge on any atom is -0.293 e. The van der Waals surface area contributed by atoms with E-state index >= 15 is 0 Å². The van der Waals surface area contributed by atoms with Gasteiger partial charge in [-0.1, -0.05) is 43.7 Å². The fraction of sp³-hybridized carbons (Fsp3) is 0.533. The number of ketones is 1. The molecule has 1 fully saturated rings. The second kappa shape index (κ2) is 7.55. The van der Waals surface area contributed by atoms with Crippen molar-refractivity contribution in [3.63, 3.8) is 0 Å². The highest BCUT2D eigenvalue weighted by Gasteiger charge is 2.27. The zero-order chi connectivity index (χ0) is 12.1. The third-order valence-corrected chi connectivity index (χ3v) is 3.50. The molecule has 18 heavy (non-hydrogen) atoms. The van der Waals surface area contributed by atoms with Crippen LogP contribution in [0.1, 0.15) is 43.0 Å². The van der Waals surface area contributed by atoms with Crippen molar-refractivity contribution in [2.24, 2.45) is 0 Å². The first-order chi connectivity index (χ1) is 8.33. The molecule has 1 aliphatic rings. The first kappa shape index (κ1) is 15.2. The molecule has 100 valence electrons. The van der Waals surface area contributed by atoms with Crippen LogP contribution in [-0.2, 0) is 0 Å². The van der Waals surface area contributed by atoms with Crippen LogP contribution in [0, 0.1) is 0 Å². The normalized spacial score (nSPS) is 17.2. The van der Waals surface area contributed by atoms with Crippen molar-refractivity contribution < 1.29 is 4.79 Å². The van der Waals surface area contributed by atoms with Crippen molar-refractivity contribution in [2.45, 2.75) is 38.6 Å². The van der Waals surface area contributed by atoms with Gasteiger partial charge in [0.2, 0.25) is 0 Å². The molecule has 0 aliphatic carbocycles. The first-order valence-electron chi connectivity index (χ1n) is 6.66. The van der Waals surface area contributed by atoms with Gasteiger partial charge in [0, 0.05) is 5.56 Å². The summed E-state index contributed by atoms with van der Waals surface area (Å²) >= 11 is 0. The molecule has 0 saturated carbocycles. The number of hydrogen-bond acceptors (Lipinski definition) is 2. The predicted octanol–water partition coefficient (Wildman–Crippen LogP) is 3.56. The molecule has 0 amide bonds. The van der Waals surface area contributed by atoms with Crippen LogP contribution in [-0.4, -0.2) is 29.8 Å². The topological polar surface area (TPSA) is 20.3 Å². The van der Waals surface area contributed by atoms with Gasteiger partial charge in [-0.15, -0.1) is 12.4 Å². The Morgan fingerprint density at radius 1 is 1.22 bits per heavy atom. The lowest BCUT2D eigenvalue weighted by Gasteiger charge is -2.26. The van der Waals surface area contributed by atoms with Crippen LogP contribution < -0.4 is 0 Å². The van der Waals surface area contributed by atoms with Crippen LogP contribution >= 0.6 is 12.4 Å². The summed E-state index contributed by atoms with van der Waals surface area (Å²) in [6.07, 6.45) is 4.53. The van der Waals surface area contributed by atoms with Crippen LogP contribution in [0.5, 0.6) is 0 Å². The van der Waals surface area contributed by atoms with E-state index in [-0.39, 0.29) is 18.4 Å². The van der Waals surface area contributed by atoms with Gasteiger partial charge in [0.1, 0.15) is 0 Å². The molecule has 0 aromatic heterocycles. The zero-order valence-corrected chi connectivity index (χ0v) is 11.8. The van der Waals surface area contributed by atoms with Gasteiger partial charge < -0.3 is 0 Å². The van der Waals surface area contributed by atoms with Gasteiger partial charge in [0.15, 0.2) is 5.78 Å². The average Bonchev–Trinajstić information content (AvgIpc) is 2.90. The molecular weight excluding hydrogens is 246 g/mol. The van der Waals surface area contributed by atoms with Gasteiger partial charge in [0.05, 0.1) is 6.04 Å². The molecule has 1 aromatic carbocycles. The number of halogens is 1. The third kappa shape index (κ3) is 3.56. The fourth-order valence-electron chi connectivity index (χ4n) is 2.60. The van der Waals surface area contributed by atoms with Gasteiger partial charge in [0.25, 0.3) is 0 Å². The molecule has 0 spiro atoms. The summed E-state index contributed by atoms with van der Waals surface area (Å²) in [5, 5.41) is 0. The number of Topliss-reactive ketones (excluding diaryl/α,β-unsaturated/α-hetero) is 1. The smallest absolute Gasteiger partial charge is 0.179 e. The van der Waals surface area contributed by atoms with Crippen molar-refractivity contribution in [3.8, 4) is 0 Å². The van der Waals surface area contributed by atoms with Gasteiger partial charge in [-0.2, -0.15) is 0 Å². The van der Waals surface area contributed by atoms with Crippen molar-refractivity contribution in [2.75, 3.05) is 13.1 Å². The number of rotatable bonds is 5. The van der Waals surface area contributed by atoms with Crippen LogP contribution in [0.25, 0.3) is 0 Å². The second-order valence-corrected chi connectivity index (χ2v) is 4.78. The van der Waals surface area contributed by atoms with E-state index < -0.39 is 0 Å². The number of hydrogen-bond donors (Lipinski definition) is 0. The summed E-state index contributed by atoms with van der Waals surface area (Å²) in [6.45, 7) is 4.33. The van der Waals surface area contributed by atoms with E-state index in [1.54, 1.807) is 0 Å². The molecular formula is C15H22ClNO. The molecule has 3 heteroatoms. The maximum absolute atomic E-state index is 12.5. The largest absolute Gasteiger partial charge is 0.293 e. The molecule has 0 radical (unpaired) electrons. The first-order valence-corrected chi connectivity index (χ1v) is 6.66. The van der Waals surface area contributed by atoms with E-state index in [4.69, 9.17) is 0 Å².